The number of nitrogens with one attached hydrogen (secondary N) is 1. The molecule has 8 nitrogen and oxygen atoms in total. The van der Waals surface area contributed by atoms with Crippen LogP contribution in [0.1, 0.15) is 53.0 Å². The maximum absolute atomic E-state index is 13.0. The first kappa shape index (κ1) is 28.3. The quantitative estimate of drug-likeness (QED) is 0.469. The number of nitrogens with zero attached hydrogens (tertiary/aromatic N) is 2. The van der Waals surface area contributed by atoms with Crippen LogP contribution in [0, 0.1) is 5.92 Å². The third-order valence-corrected chi connectivity index (χ3v) is 6.57. The number of fused-ring (bicyclic) bond motifs is 3. The van der Waals surface area contributed by atoms with Crippen molar-refractivity contribution in [2.45, 2.75) is 45.8 Å². The third kappa shape index (κ3) is 8.63. The van der Waals surface area contributed by atoms with Crippen molar-refractivity contribution in [2.75, 3.05) is 26.4 Å². The zero-order valence-electron chi connectivity index (χ0n) is 22.6. The van der Waals surface area contributed by atoms with Crippen molar-refractivity contribution >= 4 is 11.9 Å². The summed E-state index contributed by atoms with van der Waals surface area (Å²) in [5.41, 5.74) is 4.55. The van der Waals surface area contributed by atoms with Gasteiger partial charge in [0.05, 0.1) is 18.9 Å². The molecule has 2 aromatic carbocycles. The fourth-order valence-electron chi connectivity index (χ4n) is 4.69. The molecule has 1 amide bonds. The molecule has 1 unspecified atom stereocenters. The molecule has 39 heavy (non-hydrogen) atoms. The average Bonchev–Trinajstić information content (AvgIpc) is 2.91. The van der Waals surface area contributed by atoms with E-state index >= 15 is 0 Å². The van der Waals surface area contributed by atoms with E-state index in [1.54, 1.807) is 18.2 Å². The highest BCUT2D eigenvalue weighted by atomic mass is 16.5. The minimum Gasteiger partial charge on any atom is -0.491 e. The number of benzene rings is 2. The van der Waals surface area contributed by atoms with Crippen molar-refractivity contribution in [3.8, 4) is 5.75 Å². The van der Waals surface area contributed by atoms with Gasteiger partial charge in [0.2, 0.25) is 0 Å². The highest BCUT2D eigenvalue weighted by Gasteiger charge is 2.22. The van der Waals surface area contributed by atoms with Crippen molar-refractivity contribution in [3.63, 3.8) is 0 Å². The van der Waals surface area contributed by atoms with E-state index in [0.717, 1.165) is 36.5 Å². The molecule has 4 rings (SSSR count). The summed E-state index contributed by atoms with van der Waals surface area (Å²) in [6.07, 6.45) is 2.74. The molecule has 3 aromatic rings. The Morgan fingerprint density at radius 1 is 1.03 bits per heavy atom. The Hall–Kier alpha value is -3.75. The molecule has 2 N–H and O–H groups in total. The van der Waals surface area contributed by atoms with Crippen molar-refractivity contribution in [2.24, 2.45) is 5.92 Å². The van der Waals surface area contributed by atoms with Gasteiger partial charge in [-0.1, -0.05) is 44.2 Å². The maximum Gasteiger partial charge on any atom is 0.326 e. The smallest absolute Gasteiger partial charge is 0.326 e. The van der Waals surface area contributed by atoms with Gasteiger partial charge in [-0.05, 0) is 59.4 Å². The number of ether oxygens (including phenoxy) is 2. The number of carbonyl (C=O) groups is 2. The first-order valence-corrected chi connectivity index (χ1v) is 13.4. The molecule has 206 valence electrons. The van der Waals surface area contributed by atoms with E-state index in [0.29, 0.717) is 44.0 Å². The molecule has 1 aliphatic rings. The summed E-state index contributed by atoms with van der Waals surface area (Å²) in [7, 11) is 0. The van der Waals surface area contributed by atoms with Crippen LogP contribution in [0.5, 0.6) is 5.75 Å². The lowest BCUT2D eigenvalue weighted by Crippen LogP contribution is -2.41. The molecule has 2 bridgehead atoms. The SMILES string of the molecule is CC(C)CC(NC(=O)c1ccc2c(c1)Cc1cccc(c1)CN(Cc1ccccn1)CCOCCO2)C(=O)O. The van der Waals surface area contributed by atoms with Crippen molar-refractivity contribution < 1.29 is 24.2 Å². The predicted octanol–water partition coefficient (Wildman–Crippen LogP) is 4.31. The molecule has 1 aromatic heterocycles. The standard InChI is InChI=1S/C31H37N3O5/c1-22(2)16-28(31(36)37)33-30(35)25-9-10-29-26(19-25)18-23-6-5-7-24(17-23)20-34(12-13-38-14-15-39-29)21-27-8-3-4-11-32-27/h3-11,17,19,22,28H,12-16,18,20-21H2,1-2H3,(H,33,35)(H,36,37). The van der Waals surface area contributed by atoms with Crippen molar-refractivity contribution in [3.05, 3.63) is 94.8 Å². The largest absolute Gasteiger partial charge is 0.491 e. The summed E-state index contributed by atoms with van der Waals surface area (Å²) in [5.74, 6) is -0.620. The van der Waals surface area contributed by atoms with Gasteiger partial charge in [-0.15, -0.1) is 0 Å². The first-order valence-electron chi connectivity index (χ1n) is 13.4. The molecular formula is C31H37N3O5. The lowest BCUT2D eigenvalue weighted by molar-refractivity contribution is -0.139. The summed E-state index contributed by atoms with van der Waals surface area (Å²) >= 11 is 0. The Morgan fingerprint density at radius 2 is 1.87 bits per heavy atom. The van der Waals surface area contributed by atoms with Crippen molar-refractivity contribution in [1.82, 2.24) is 15.2 Å². The van der Waals surface area contributed by atoms with Gasteiger partial charge in [0.1, 0.15) is 18.4 Å². The van der Waals surface area contributed by atoms with Crippen LogP contribution in [0.15, 0.2) is 66.9 Å². The average molecular weight is 532 g/mol. The molecule has 0 aliphatic carbocycles. The lowest BCUT2D eigenvalue weighted by Gasteiger charge is -2.23. The molecular weight excluding hydrogens is 494 g/mol. The number of hydrogen-bond acceptors (Lipinski definition) is 6. The van der Waals surface area contributed by atoms with Gasteiger partial charge in [-0.25, -0.2) is 4.79 Å². The van der Waals surface area contributed by atoms with Crippen LogP contribution in [-0.2, 0) is 29.0 Å². The van der Waals surface area contributed by atoms with Crippen LogP contribution in [0.25, 0.3) is 0 Å². The second-order valence-electron chi connectivity index (χ2n) is 10.3. The number of carboxylic acid groups (broad SMARTS) is 1. The van der Waals surface area contributed by atoms with E-state index in [9.17, 15) is 14.7 Å². The van der Waals surface area contributed by atoms with E-state index in [1.165, 1.54) is 5.56 Å². The predicted molar refractivity (Wildman–Crippen MR) is 149 cm³/mol. The number of amides is 1. The van der Waals surface area contributed by atoms with Crippen LogP contribution >= 0.6 is 0 Å². The van der Waals surface area contributed by atoms with Crippen LogP contribution in [0.3, 0.4) is 0 Å². The van der Waals surface area contributed by atoms with Crippen molar-refractivity contribution in [1.29, 1.82) is 0 Å². The number of carbonyl (C=O) groups excluding carboxylic acids is 1. The summed E-state index contributed by atoms with van der Waals surface area (Å²) in [4.78, 5) is 31.5. The molecule has 0 spiro atoms. The molecule has 1 aliphatic heterocycles. The number of aromatic nitrogens is 1. The van der Waals surface area contributed by atoms with E-state index in [4.69, 9.17) is 9.47 Å². The molecule has 0 saturated carbocycles. The van der Waals surface area contributed by atoms with E-state index < -0.39 is 17.9 Å². The Kier molecular flexibility index (Phi) is 10.1. The molecule has 2 heterocycles. The Labute approximate surface area is 230 Å². The van der Waals surface area contributed by atoms with Crippen LogP contribution < -0.4 is 10.1 Å². The summed E-state index contributed by atoms with van der Waals surface area (Å²) < 4.78 is 11.9. The Morgan fingerprint density at radius 3 is 2.64 bits per heavy atom. The zero-order valence-corrected chi connectivity index (χ0v) is 22.6. The van der Waals surface area contributed by atoms with E-state index in [1.807, 2.05) is 44.3 Å². The third-order valence-electron chi connectivity index (χ3n) is 6.57. The van der Waals surface area contributed by atoms with Crippen LogP contribution in [0.2, 0.25) is 0 Å². The van der Waals surface area contributed by atoms with Gasteiger partial charge in [-0.3, -0.25) is 14.7 Å². The molecule has 8 heteroatoms. The number of hydrogen-bond donors (Lipinski definition) is 2. The Bertz CT molecular complexity index is 1250. The zero-order chi connectivity index (χ0) is 27.6. The second-order valence-corrected chi connectivity index (χ2v) is 10.3. The van der Waals surface area contributed by atoms with Gasteiger partial charge in [0, 0.05) is 37.8 Å². The summed E-state index contributed by atoms with van der Waals surface area (Å²) in [6.45, 7) is 7.51. The van der Waals surface area contributed by atoms with E-state index in [2.05, 4.69) is 33.4 Å². The number of aliphatic carboxylic acids is 1. The topological polar surface area (TPSA) is 101 Å². The monoisotopic (exact) mass is 531 g/mol. The molecule has 1 atom stereocenters. The van der Waals surface area contributed by atoms with Gasteiger partial charge < -0.3 is 19.9 Å². The lowest BCUT2D eigenvalue weighted by atomic mass is 9.99. The molecule has 0 radical (unpaired) electrons. The van der Waals surface area contributed by atoms with Gasteiger partial charge >= 0.3 is 5.97 Å². The minimum absolute atomic E-state index is 0.138. The molecule has 0 fully saturated rings. The molecule has 0 saturated heterocycles. The van der Waals surface area contributed by atoms with Gasteiger partial charge in [0.25, 0.3) is 5.91 Å². The fourth-order valence-corrected chi connectivity index (χ4v) is 4.69. The number of pyridine rings is 1. The van der Waals surface area contributed by atoms with Crippen LogP contribution in [-0.4, -0.2) is 59.3 Å². The second kappa shape index (κ2) is 13.9. The highest BCUT2D eigenvalue weighted by molar-refractivity contribution is 5.97. The highest BCUT2D eigenvalue weighted by Crippen LogP contribution is 2.25. The van der Waals surface area contributed by atoms with Gasteiger partial charge in [-0.2, -0.15) is 0 Å². The fraction of sp³-hybridized carbons (Fsp3) is 0.387. The number of rotatable bonds is 7. The van der Waals surface area contributed by atoms with Crippen LogP contribution in [0.4, 0.5) is 0 Å². The normalized spacial score (nSPS) is 15.5. The minimum atomic E-state index is -1.03. The summed E-state index contributed by atoms with van der Waals surface area (Å²) in [5, 5.41) is 12.2. The summed E-state index contributed by atoms with van der Waals surface area (Å²) in [6, 6.07) is 18.7. The van der Waals surface area contributed by atoms with Gasteiger partial charge in [0.15, 0.2) is 0 Å². The number of carboxylic acids is 1. The van der Waals surface area contributed by atoms with E-state index in [-0.39, 0.29) is 5.92 Å². The first-order chi connectivity index (χ1) is 18.9. The maximum atomic E-state index is 13.0. The Balaban J connectivity index is 1.56.